The van der Waals surface area contributed by atoms with Crippen LogP contribution in [0.25, 0.3) is 0 Å². The molecule has 0 spiro atoms. The van der Waals surface area contributed by atoms with E-state index in [0.717, 1.165) is 17.7 Å². The molecule has 0 aromatic heterocycles. The Morgan fingerprint density at radius 2 is 1.85 bits per heavy atom. The molecule has 3 rings (SSSR count). The fraction of sp³-hybridized carbons (Fsp3) is 0.417. The van der Waals surface area contributed by atoms with Gasteiger partial charge in [-0.25, -0.2) is 4.79 Å². The zero-order valence-corrected chi connectivity index (χ0v) is 18.7. The Balaban J connectivity index is 1.41. The van der Waals surface area contributed by atoms with Crippen LogP contribution in [0.3, 0.4) is 0 Å². The van der Waals surface area contributed by atoms with Crippen molar-refractivity contribution in [2.24, 2.45) is 0 Å². The van der Waals surface area contributed by atoms with Gasteiger partial charge in [0.15, 0.2) is 0 Å². The summed E-state index contributed by atoms with van der Waals surface area (Å²) in [6.07, 6.45) is -5.54. The van der Waals surface area contributed by atoms with E-state index < -0.39 is 30.0 Å². The second kappa shape index (κ2) is 11.8. The summed E-state index contributed by atoms with van der Waals surface area (Å²) >= 11 is 0. The number of rotatable bonds is 8. The summed E-state index contributed by atoms with van der Waals surface area (Å²) in [5, 5.41) is 2.53. The molecule has 2 atom stereocenters. The highest BCUT2D eigenvalue weighted by molar-refractivity contribution is 5.85. The molecule has 0 radical (unpaired) electrons. The number of carbonyl (C=O) groups is 2. The molecule has 1 N–H and O–H groups in total. The van der Waals surface area contributed by atoms with Gasteiger partial charge < -0.3 is 24.4 Å². The number of carbonyl (C=O) groups excluding carboxylic acids is 2. The first-order valence-corrected chi connectivity index (χ1v) is 10.8. The summed E-state index contributed by atoms with van der Waals surface area (Å²) in [5.74, 6) is -0.289. The summed E-state index contributed by atoms with van der Waals surface area (Å²) in [6, 6.07) is 13.3. The fourth-order valence-corrected chi connectivity index (χ4v) is 3.44. The van der Waals surface area contributed by atoms with E-state index in [4.69, 9.17) is 14.2 Å². The van der Waals surface area contributed by atoms with Crippen molar-refractivity contribution in [1.82, 2.24) is 10.2 Å². The van der Waals surface area contributed by atoms with Crippen LogP contribution >= 0.6 is 0 Å². The number of halogens is 3. The van der Waals surface area contributed by atoms with Crippen LogP contribution in [-0.4, -0.2) is 55.3 Å². The molecule has 34 heavy (non-hydrogen) atoms. The summed E-state index contributed by atoms with van der Waals surface area (Å²) in [6.45, 7) is 2.65. The van der Waals surface area contributed by atoms with Crippen LogP contribution < -0.4 is 5.32 Å². The highest BCUT2D eigenvalue weighted by atomic mass is 19.4. The first kappa shape index (κ1) is 25.5. The van der Waals surface area contributed by atoms with Gasteiger partial charge >= 0.3 is 12.3 Å². The maximum absolute atomic E-state index is 12.8. The molecule has 10 heteroatoms. The number of benzene rings is 2. The standard InChI is InChI=1S/C24H27F3N2O5/c1-17(28-23(31)34-15-18-6-3-2-4-7-18)22(30)29-10-11-33-21(13-29)16-32-14-19-8-5-9-20(12-19)24(25,26)27/h2-9,12,17,21H,10-11,13-16H2,1H3,(H,28,31). The lowest BCUT2D eigenvalue weighted by atomic mass is 10.1. The lowest BCUT2D eigenvalue weighted by Gasteiger charge is -2.34. The molecule has 0 aliphatic carbocycles. The molecular formula is C24H27F3N2O5. The van der Waals surface area contributed by atoms with E-state index in [2.05, 4.69) is 5.32 Å². The monoisotopic (exact) mass is 480 g/mol. The minimum absolute atomic E-state index is 0.0110. The molecule has 7 nitrogen and oxygen atoms in total. The molecule has 1 saturated heterocycles. The van der Waals surface area contributed by atoms with Crippen LogP contribution in [0.4, 0.5) is 18.0 Å². The predicted molar refractivity (Wildman–Crippen MR) is 117 cm³/mol. The van der Waals surface area contributed by atoms with E-state index in [1.54, 1.807) is 17.9 Å². The molecule has 184 valence electrons. The van der Waals surface area contributed by atoms with Gasteiger partial charge in [-0.3, -0.25) is 4.79 Å². The normalized spacial score (nSPS) is 17.2. The van der Waals surface area contributed by atoms with Gasteiger partial charge in [-0.1, -0.05) is 42.5 Å². The van der Waals surface area contributed by atoms with Crippen molar-refractivity contribution in [3.63, 3.8) is 0 Å². The van der Waals surface area contributed by atoms with Crippen LogP contribution in [0.2, 0.25) is 0 Å². The summed E-state index contributed by atoms with van der Waals surface area (Å²) < 4.78 is 54.8. The van der Waals surface area contributed by atoms with Gasteiger partial charge in [0.25, 0.3) is 0 Å². The van der Waals surface area contributed by atoms with Gasteiger partial charge in [-0.15, -0.1) is 0 Å². The fourth-order valence-electron chi connectivity index (χ4n) is 3.44. The molecule has 2 aromatic rings. The molecule has 2 amide bonds. The number of nitrogens with one attached hydrogen (secondary N) is 1. The molecule has 2 unspecified atom stereocenters. The minimum Gasteiger partial charge on any atom is -0.445 e. The summed E-state index contributed by atoms with van der Waals surface area (Å²) in [7, 11) is 0. The van der Waals surface area contributed by atoms with Gasteiger partial charge in [-0.05, 0) is 30.2 Å². The van der Waals surface area contributed by atoms with E-state index in [0.29, 0.717) is 12.1 Å². The lowest BCUT2D eigenvalue weighted by molar-refractivity contribution is -0.143. The Kier molecular flexibility index (Phi) is 8.89. The highest BCUT2D eigenvalue weighted by Crippen LogP contribution is 2.29. The van der Waals surface area contributed by atoms with Crippen molar-refractivity contribution in [1.29, 1.82) is 0 Å². The van der Waals surface area contributed by atoms with Crippen LogP contribution in [0, 0.1) is 0 Å². The van der Waals surface area contributed by atoms with Crippen LogP contribution in [-0.2, 0) is 38.4 Å². The average molecular weight is 480 g/mol. The topological polar surface area (TPSA) is 77.1 Å². The Morgan fingerprint density at radius 1 is 1.12 bits per heavy atom. The van der Waals surface area contributed by atoms with Gasteiger partial charge in [0.05, 0.1) is 31.5 Å². The van der Waals surface area contributed by atoms with Crippen molar-refractivity contribution < 1.29 is 37.0 Å². The van der Waals surface area contributed by atoms with E-state index in [1.165, 1.54) is 6.07 Å². The number of hydrogen-bond acceptors (Lipinski definition) is 5. The lowest BCUT2D eigenvalue weighted by Crippen LogP contribution is -2.53. The molecule has 0 saturated carbocycles. The maximum atomic E-state index is 12.8. The zero-order valence-electron chi connectivity index (χ0n) is 18.7. The van der Waals surface area contributed by atoms with Crippen molar-refractivity contribution in [2.75, 3.05) is 26.3 Å². The third kappa shape index (κ3) is 7.74. The van der Waals surface area contributed by atoms with Crippen LogP contribution in [0.15, 0.2) is 54.6 Å². The number of alkyl halides is 3. The van der Waals surface area contributed by atoms with Gasteiger partial charge in [-0.2, -0.15) is 13.2 Å². The number of morpholine rings is 1. The van der Waals surface area contributed by atoms with Crippen molar-refractivity contribution in [3.05, 3.63) is 71.3 Å². The van der Waals surface area contributed by atoms with Gasteiger partial charge in [0, 0.05) is 13.1 Å². The van der Waals surface area contributed by atoms with Crippen LogP contribution in [0.5, 0.6) is 0 Å². The zero-order chi connectivity index (χ0) is 24.6. The van der Waals surface area contributed by atoms with Crippen molar-refractivity contribution >= 4 is 12.0 Å². The SMILES string of the molecule is CC(NC(=O)OCc1ccccc1)C(=O)N1CCOC(COCc2cccc(C(F)(F)F)c2)C1. The Morgan fingerprint density at radius 3 is 2.59 bits per heavy atom. The number of ether oxygens (including phenoxy) is 3. The molecule has 1 aliphatic heterocycles. The van der Waals surface area contributed by atoms with Gasteiger partial charge in [0.1, 0.15) is 12.6 Å². The van der Waals surface area contributed by atoms with Crippen LogP contribution in [0.1, 0.15) is 23.6 Å². The highest BCUT2D eigenvalue weighted by Gasteiger charge is 2.31. The summed E-state index contributed by atoms with van der Waals surface area (Å²) in [5.41, 5.74) is 0.492. The number of hydrogen-bond donors (Lipinski definition) is 1. The average Bonchev–Trinajstić information content (AvgIpc) is 2.83. The molecule has 1 fully saturated rings. The smallest absolute Gasteiger partial charge is 0.416 e. The van der Waals surface area contributed by atoms with E-state index >= 15 is 0 Å². The second-order valence-electron chi connectivity index (χ2n) is 7.92. The summed E-state index contributed by atoms with van der Waals surface area (Å²) in [4.78, 5) is 26.3. The molecule has 2 aromatic carbocycles. The predicted octanol–water partition coefficient (Wildman–Crippen LogP) is 3.76. The third-order valence-corrected chi connectivity index (χ3v) is 5.19. The first-order chi connectivity index (χ1) is 16.2. The molecule has 0 bridgehead atoms. The van der Waals surface area contributed by atoms with Crippen molar-refractivity contribution in [2.45, 2.75) is 38.5 Å². The van der Waals surface area contributed by atoms with Gasteiger partial charge in [0.2, 0.25) is 5.91 Å². The molecule has 1 aliphatic rings. The quantitative estimate of drug-likeness (QED) is 0.623. The molecule has 1 heterocycles. The van der Waals surface area contributed by atoms with E-state index in [9.17, 15) is 22.8 Å². The Bertz CT molecular complexity index is 955. The second-order valence-corrected chi connectivity index (χ2v) is 7.92. The Labute approximate surface area is 195 Å². The number of amides is 2. The largest absolute Gasteiger partial charge is 0.445 e. The Hall–Kier alpha value is -3.11. The first-order valence-electron chi connectivity index (χ1n) is 10.8. The molecular weight excluding hydrogens is 453 g/mol. The van der Waals surface area contributed by atoms with E-state index in [1.807, 2.05) is 30.3 Å². The number of alkyl carbamates (subject to hydrolysis) is 1. The minimum atomic E-state index is -4.41. The van der Waals surface area contributed by atoms with E-state index in [-0.39, 0.29) is 38.9 Å². The third-order valence-electron chi connectivity index (χ3n) is 5.19. The number of nitrogens with zero attached hydrogens (tertiary/aromatic N) is 1. The maximum Gasteiger partial charge on any atom is 0.416 e. The van der Waals surface area contributed by atoms with Crippen molar-refractivity contribution in [3.8, 4) is 0 Å².